The molecule has 0 spiro atoms. The molecule has 0 aliphatic carbocycles. The number of hydrogen-bond acceptors (Lipinski definition) is 4. The minimum Gasteiger partial charge on any atom is -0.348 e. The van der Waals surface area contributed by atoms with E-state index in [1.165, 1.54) is 4.57 Å². The van der Waals surface area contributed by atoms with Crippen molar-refractivity contribution < 1.29 is 14.4 Å². The summed E-state index contributed by atoms with van der Waals surface area (Å²) < 4.78 is 1.39. The van der Waals surface area contributed by atoms with Crippen LogP contribution in [-0.4, -0.2) is 52.9 Å². The predicted octanol–water partition coefficient (Wildman–Crippen LogP) is -0.122. The molecule has 0 radical (unpaired) electrons. The van der Waals surface area contributed by atoms with Crippen LogP contribution in [0, 0.1) is 5.92 Å². The summed E-state index contributed by atoms with van der Waals surface area (Å²) in [6.07, 6.45) is 3.04. The number of amides is 3. The Hall–Kier alpha value is -2.64. The van der Waals surface area contributed by atoms with Crippen molar-refractivity contribution in [2.75, 3.05) is 19.6 Å². The highest BCUT2D eigenvalue weighted by molar-refractivity contribution is 6.35. The number of nitrogens with zero attached hydrogens (tertiary/aromatic N) is 2. The van der Waals surface area contributed by atoms with Gasteiger partial charge in [-0.25, -0.2) is 0 Å². The van der Waals surface area contributed by atoms with E-state index in [9.17, 15) is 19.2 Å². The maximum absolute atomic E-state index is 12.5. The number of nitrogens with one attached hydrogen (secondary N) is 2. The Bertz CT molecular complexity index is 733. The van der Waals surface area contributed by atoms with Gasteiger partial charge in [0.05, 0.1) is 0 Å². The van der Waals surface area contributed by atoms with Crippen LogP contribution < -0.4 is 16.2 Å². The number of carbonyl (C=O) groups excluding carboxylic acids is 3. The van der Waals surface area contributed by atoms with Crippen LogP contribution in [0.4, 0.5) is 0 Å². The van der Waals surface area contributed by atoms with Crippen LogP contribution in [0.15, 0.2) is 23.1 Å². The monoisotopic (exact) mass is 362 g/mol. The van der Waals surface area contributed by atoms with Crippen molar-refractivity contribution in [2.45, 2.75) is 32.7 Å². The lowest BCUT2D eigenvalue weighted by Crippen LogP contribution is -2.46. The lowest BCUT2D eigenvalue weighted by atomic mass is 9.96. The van der Waals surface area contributed by atoms with Crippen molar-refractivity contribution in [3.8, 4) is 0 Å². The van der Waals surface area contributed by atoms with Gasteiger partial charge in [-0.05, 0) is 44.7 Å². The van der Waals surface area contributed by atoms with E-state index in [4.69, 9.17) is 0 Å². The summed E-state index contributed by atoms with van der Waals surface area (Å²) in [5, 5.41) is 5.19. The van der Waals surface area contributed by atoms with Gasteiger partial charge in [0.25, 0.3) is 11.5 Å². The quantitative estimate of drug-likeness (QED) is 0.729. The summed E-state index contributed by atoms with van der Waals surface area (Å²) in [6, 6.07) is 3.14. The van der Waals surface area contributed by atoms with E-state index in [-0.39, 0.29) is 29.0 Å². The average molecular weight is 362 g/mol. The van der Waals surface area contributed by atoms with Crippen LogP contribution in [0.25, 0.3) is 0 Å². The van der Waals surface area contributed by atoms with E-state index in [2.05, 4.69) is 10.6 Å². The number of pyridine rings is 1. The second-order valence-corrected chi connectivity index (χ2v) is 6.91. The molecule has 3 amide bonds. The minimum atomic E-state index is -0.634. The second kappa shape index (κ2) is 8.64. The van der Waals surface area contributed by atoms with Crippen LogP contribution >= 0.6 is 0 Å². The maximum atomic E-state index is 12.5. The largest absolute Gasteiger partial charge is 0.348 e. The molecule has 0 saturated carbocycles. The zero-order chi connectivity index (χ0) is 19.3. The van der Waals surface area contributed by atoms with Gasteiger partial charge in [-0.1, -0.05) is 0 Å². The molecule has 2 N–H and O–H groups in total. The molecule has 1 aliphatic heterocycles. The van der Waals surface area contributed by atoms with Gasteiger partial charge in [0, 0.05) is 38.9 Å². The highest BCUT2D eigenvalue weighted by Crippen LogP contribution is 2.17. The van der Waals surface area contributed by atoms with Gasteiger partial charge in [-0.15, -0.1) is 0 Å². The van der Waals surface area contributed by atoms with E-state index in [1.807, 2.05) is 0 Å². The van der Waals surface area contributed by atoms with Crippen molar-refractivity contribution >= 4 is 17.7 Å². The SMILES string of the molecule is CC(C)NC(=O)C(=O)NCC1CCN(C(=O)c2cccn(C)c2=O)CC1. The van der Waals surface area contributed by atoms with Crippen LogP contribution in [0.3, 0.4) is 0 Å². The molecule has 0 atom stereocenters. The molecule has 0 unspecified atom stereocenters. The number of likely N-dealkylation sites (tertiary alicyclic amines) is 1. The number of aromatic nitrogens is 1. The molecule has 26 heavy (non-hydrogen) atoms. The summed E-state index contributed by atoms with van der Waals surface area (Å²) in [5.74, 6) is -1.32. The summed E-state index contributed by atoms with van der Waals surface area (Å²) in [5.41, 5.74) is -0.129. The minimum absolute atomic E-state index is 0.0896. The molecule has 0 aromatic carbocycles. The highest BCUT2D eigenvalue weighted by Gasteiger charge is 2.26. The number of rotatable bonds is 4. The molecular weight excluding hydrogens is 336 g/mol. The third-order valence-corrected chi connectivity index (χ3v) is 4.43. The zero-order valence-corrected chi connectivity index (χ0v) is 15.4. The molecule has 2 rings (SSSR count). The third kappa shape index (κ3) is 4.93. The Morgan fingerprint density at radius 3 is 2.46 bits per heavy atom. The first-order valence-corrected chi connectivity index (χ1v) is 8.83. The number of aryl methyl sites for hydroxylation is 1. The van der Waals surface area contributed by atoms with Crippen LogP contribution in [0.1, 0.15) is 37.0 Å². The molecule has 2 heterocycles. The molecular formula is C18H26N4O4. The summed E-state index contributed by atoms with van der Waals surface area (Å²) in [7, 11) is 1.61. The van der Waals surface area contributed by atoms with Crippen molar-refractivity contribution in [3.63, 3.8) is 0 Å². The first-order valence-electron chi connectivity index (χ1n) is 8.83. The Kier molecular flexibility index (Phi) is 6.54. The van der Waals surface area contributed by atoms with Gasteiger partial charge in [0.15, 0.2) is 0 Å². The number of hydrogen-bond donors (Lipinski definition) is 2. The zero-order valence-electron chi connectivity index (χ0n) is 15.4. The molecule has 1 fully saturated rings. The topological polar surface area (TPSA) is 101 Å². The molecule has 1 saturated heterocycles. The molecule has 142 valence electrons. The summed E-state index contributed by atoms with van der Waals surface area (Å²) >= 11 is 0. The Labute approximate surface area is 152 Å². The van der Waals surface area contributed by atoms with E-state index in [1.54, 1.807) is 44.1 Å². The number of carbonyl (C=O) groups is 3. The second-order valence-electron chi connectivity index (χ2n) is 6.91. The van der Waals surface area contributed by atoms with Crippen molar-refractivity contribution in [1.82, 2.24) is 20.1 Å². The Morgan fingerprint density at radius 1 is 1.19 bits per heavy atom. The van der Waals surface area contributed by atoms with Gasteiger partial charge in [0.1, 0.15) is 5.56 Å². The summed E-state index contributed by atoms with van der Waals surface area (Å²) in [4.78, 5) is 49.6. The first-order chi connectivity index (χ1) is 12.3. The molecule has 1 aliphatic rings. The van der Waals surface area contributed by atoms with Gasteiger partial charge >= 0.3 is 11.8 Å². The standard InChI is InChI=1S/C18H26N4O4/c1-12(2)20-16(24)15(23)19-11-13-6-9-22(10-7-13)18(26)14-5-4-8-21(3)17(14)25/h4-5,8,12-13H,6-7,9-11H2,1-3H3,(H,19,23)(H,20,24). The van der Waals surface area contributed by atoms with Gasteiger partial charge < -0.3 is 20.1 Å². The Balaban J connectivity index is 1.83. The first kappa shape index (κ1) is 19.7. The fourth-order valence-corrected chi connectivity index (χ4v) is 2.92. The van der Waals surface area contributed by atoms with E-state index in [0.29, 0.717) is 32.5 Å². The van der Waals surface area contributed by atoms with Gasteiger partial charge in [-0.2, -0.15) is 0 Å². The van der Waals surface area contributed by atoms with Crippen LogP contribution in [0.2, 0.25) is 0 Å². The number of piperidine rings is 1. The molecule has 8 nitrogen and oxygen atoms in total. The smallest absolute Gasteiger partial charge is 0.309 e. The summed E-state index contributed by atoms with van der Waals surface area (Å²) in [6.45, 7) is 5.03. The van der Waals surface area contributed by atoms with Crippen molar-refractivity contribution in [3.05, 3.63) is 34.2 Å². The lowest BCUT2D eigenvalue weighted by molar-refractivity contribution is -0.139. The molecule has 1 aromatic heterocycles. The third-order valence-electron chi connectivity index (χ3n) is 4.43. The van der Waals surface area contributed by atoms with Crippen molar-refractivity contribution in [1.29, 1.82) is 0 Å². The fourth-order valence-electron chi connectivity index (χ4n) is 2.92. The van der Waals surface area contributed by atoms with Crippen LogP contribution in [0.5, 0.6) is 0 Å². The van der Waals surface area contributed by atoms with Crippen LogP contribution in [-0.2, 0) is 16.6 Å². The van der Waals surface area contributed by atoms with Crippen molar-refractivity contribution in [2.24, 2.45) is 13.0 Å². The lowest BCUT2D eigenvalue weighted by Gasteiger charge is -2.32. The van der Waals surface area contributed by atoms with E-state index >= 15 is 0 Å². The maximum Gasteiger partial charge on any atom is 0.309 e. The normalized spacial score (nSPS) is 15.0. The average Bonchev–Trinajstić information content (AvgIpc) is 2.61. The van der Waals surface area contributed by atoms with Gasteiger partial charge in [0.2, 0.25) is 0 Å². The molecule has 1 aromatic rings. The van der Waals surface area contributed by atoms with Gasteiger partial charge in [-0.3, -0.25) is 19.2 Å². The molecule has 8 heteroatoms. The fraction of sp³-hybridized carbons (Fsp3) is 0.556. The van der Waals surface area contributed by atoms with E-state index < -0.39 is 11.8 Å². The highest BCUT2D eigenvalue weighted by atomic mass is 16.2. The van der Waals surface area contributed by atoms with E-state index in [0.717, 1.165) is 0 Å². The molecule has 0 bridgehead atoms. The predicted molar refractivity (Wildman–Crippen MR) is 96.6 cm³/mol. The Morgan fingerprint density at radius 2 is 1.85 bits per heavy atom.